The summed E-state index contributed by atoms with van der Waals surface area (Å²) >= 11 is 3.26. The Morgan fingerprint density at radius 3 is 2.53 bits per heavy atom. The van der Waals surface area contributed by atoms with Gasteiger partial charge in [-0.05, 0) is 42.6 Å². The Morgan fingerprint density at radius 2 is 1.90 bits per heavy atom. The minimum atomic E-state index is -0.216. The maximum absolute atomic E-state index is 13.1. The number of methoxy groups -OCH3 is 1. The van der Waals surface area contributed by atoms with E-state index >= 15 is 0 Å². The number of aromatic nitrogens is 3. The third-order valence-corrected chi connectivity index (χ3v) is 7.77. The van der Waals surface area contributed by atoms with E-state index in [2.05, 4.69) is 49.5 Å². The Kier molecular flexibility index (Phi) is 5.26. The number of carbonyl (C=O) groups is 1. The van der Waals surface area contributed by atoms with Gasteiger partial charge in [-0.25, -0.2) is 4.98 Å². The fourth-order valence-corrected chi connectivity index (χ4v) is 6.40. The second-order valence-corrected chi connectivity index (χ2v) is 9.50. The van der Waals surface area contributed by atoms with Crippen LogP contribution in [0.3, 0.4) is 0 Å². The second-order valence-electron chi connectivity index (χ2n) is 7.41. The van der Waals surface area contributed by atoms with Crippen LogP contribution in [0.5, 0.6) is 5.75 Å². The van der Waals surface area contributed by atoms with Crippen molar-refractivity contribution in [2.45, 2.75) is 23.4 Å². The first-order valence-corrected chi connectivity index (χ1v) is 11.7. The highest BCUT2D eigenvalue weighted by atomic mass is 32.2. The number of benzene rings is 1. The smallest absolute Gasteiger partial charge is 0.264 e. The summed E-state index contributed by atoms with van der Waals surface area (Å²) in [6.45, 7) is 5.45. The van der Waals surface area contributed by atoms with Gasteiger partial charge in [0.1, 0.15) is 16.8 Å². The van der Waals surface area contributed by atoms with E-state index in [1.165, 1.54) is 15.2 Å². The van der Waals surface area contributed by atoms with Gasteiger partial charge in [0, 0.05) is 36.7 Å². The fourth-order valence-electron chi connectivity index (χ4n) is 4.13. The average molecular weight is 442 g/mol. The number of rotatable bonds is 5. The summed E-state index contributed by atoms with van der Waals surface area (Å²) in [5, 5.41) is 6.88. The molecule has 0 radical (unpaired) electrons. The molecule has 1 aromatic carbocycles. The first-order valence-electron chi connectivity index (χ1n) is 9.95. The predicted molar refractivity (Wildman–Crippen MR) is 119 cm³/mol. The molecular formula is C21H23N5O2S2. The van der Waals surface area contributed by atoms with Crippen molar-refractivity contribution in [1.29, 1.82) is 0 Å². The summed E-state index contributed by atoms with van der Waals surface area (Å²) in [5.74, 6) is 1.55. The zero-order valence-electron chi connectivity index (χ0n) is 16.9. The molecule has 3 aromatic rings. The van der Waals surface area contributed by atoms with Crippen molar-refractivity contribution in [2.24, 2.45) is 0 Å². The van der Waals surface area contributed by atoms with Gasteiger partial charge in [0.05, 0.1) is 13.2 Å². The maximum Gasteiger partial charge on any atom is 0.264 e. The zero-order valence-corrected chi connectivity index (χ0v) is 18.5. The van der Waals surface area contributed by atoms with Crippen LogP contribution < -0.4 is 9.64 Å². The zero-order chi connectivity index (χ0) is 20.7. The summed E-state index contributed by atoms with van der Waals surface area (Å²) in [6, 6.07) is 12.4. The molecule has 1 fully saturated rings. The first-order chi connectivity index (χ1) is 14.6. The van der Waals surface area contributed by atoms with Crippen LogP contribution in [0.1, 0.15) is 21.5 Å². The highest BCUT2D eigenvalue weighted by Crippen LogP contribution is 2.42. The number of thioether (sulfide) groups is 1. The standard InChI is InChI=1S/C21H23N5O2S2/c1-14-22-21-26(23-14)20(27)19(30-21)18(17-4-3-13-29-17)25-11-9-24(10-12-25)15-5-7-16(28-2)8-6-15/h3-8,13,18-19H,9-12H2,1-2H3. The highest BCUT2D eigenvalue weighted by Gasteiger charge is 2.43. The van der Waals surface area contributed by atoms with Gasteiger partial charge >= 0.3 is 0 Å². The number of thiophene rings is 1. The number of nitrogens with zero attached hydrogens (tertiary/aromatic N) is 5. The maximum atomic E-state index is 13.1. The number of anilines is 1. The number of ether oxygens (including phenoxy) is 1. The quantitative estimate of drug-likeness (QED) is 0.602. The molecule has 2 aliphatic heterocycles. The summed E-state index contributed by atoms with van der Waals surface area (Å²) in [7, 11) is 1.68. The van der Waals surface area contributed by atoms with Crippen molar-refractivity contribution in [2.75, 3.05) is 38.2 Å². The molecule has 0 bridgehead atoms. The molecule has 2 unspecified atom stereocenters. The number of hydrogen-bond acceptors (Lipinski definition) is 8. The van der Waals surface area contributed by atoms with Gasteiger partial charge in [-0.3, -0.25) is 9.69 Å². The normalized spacial score (nSPS) is 20.4. The minimum Gasteiger partial charge on any atom is -0.497 e. The number of hydrogen-bond donors (Lipinski definition) is 0. The van der Waals surface area contributed by atoms with E-state index in [1.807, 2.05) is 19.1 Å². The Labute approximate surface area is 183 Å². The van der Waals surface area contributed by atoms with Gasteiger partial charge < -0.3 is 9.64 Å². The van der Waals surface area contributed by atoms with Crippen LogP contribution in [0.4, 0.5) is 5.69 Å². The number of carbonyl (C=O) groups excluding carboxylic acids is 1. The van der Waals surface area contributed by atoms with Gasteiger partial charge in [0.15, 0.2) is 5.16 Å². The lowest BCUT2D eigenvalue weighted by molar-refractivity contribution is 0.0832. The largest absolute Gasteiger partial charge is 0.497 e. The summed E-state index contributed by atoms with van der Waals surface area (Å²) < 4.78 is 6.75. The summed E-state index contributed by atoms with van der Waals surface area (Å²) in [5.41, 5.74) is 1.20. The van der Waals surface area contributed by atoms with Crippen molar-refractivity contribution in [3.63, 3.8) is 0 Å². The topological polar surface area (TPSA) is 63.5 Å². The molecule has 156 valence electrons. The molecule has 0 amide bonds. The molecular weight excluding hydrogens is 418 g/mol. The van der Waals surface area contributed by atoms with Gasteiger partial charge in [0.25, 0.3) is 5.91 Å². The molecule has 2 aliphatic rings. The van der Waals surface area contributed by atoms with E-state index in [4.69, 9.17) is 4.74 Å². The number of piperazine rings is 1. The minimum absolute atomic E-state index is 0.0318. The van der Waals surface area contributed by atoms with Gasteiger partial charge in [0.2, 0.25) is 0 Å². The van der Waals surface area contributed by atoms with Gasteiger partial charge in [-0.15, -0.1) is 16.4 Å². The highest BCUT2D eigenvalue weighted by molar-refractivity contribution is 8.01. The lowest BCUT2D eigenvalue weighted by atomic mass is 10.1. The van der Waals surface area contributed by atoms with Crippen LogP contribution in [0, 0.1) is 6.92 Å². The molecule has 9 heteroatoms. The number of fused-ring (bicyclic) bond motifs is 1. The van der Waals surface area contributed by atoms with E-state index in [1.54, 1.807) is 30.2 Å². The van der Waals surface area contributed by atoms with Crippen molar-refractivity contribution >= 4 is 34.7 Å². The van der Waals surface area contributed by atoms with Crippen LogP contribution in [0.15, 0.2) is 46.9 Å². The Morgan fingerprint density at radius 1 is 1.13 bits per heavy atom. The van der Waals surface area contributed by atoms with Crippen molar-refractivity contribution in [3.8, 4) is 5.75 Å². The molecule has 1 saturated heterocycles. The van der Waals surface area contributed by atoms with E-state index in [9.17, 15) is 4.79 Å². The third-order valence-electron chi connectivity index (χ3n) is 5.63. The Hall–Kier alpha value is -2.36. The Balaban J connectivity index is 1.34. The Bertz CT molecular complexity index is 1030. The molecule has 30 heavy (non-hydrogen) atoms. The van der Waals surface area contributed by atoms with Crippen molar-refractivity contribution in [1.82, 2.24) is 19.7 Å². The summed E-state index contributed by atoms with van der Waals surface area (Å²) in [6.07, 6.45) is 0. The van der Waals surface area contributed by atoms with E-state index in [0.717, 1.165) is 31.9 Å². The number of aryl methyl sites for hydroxylation is 1. The summed E-state index contributed by atoms with van der Waals surface area (Å²) in [4.78, 5) is 23.6. The molecule has 0 spiro atoms. The molecule has 0 N–H and O–H groups in total. The lowest BCUT2D eigenvalue weighted by Gasteiger charge is -2.41. The van der Waals surface area contributed by atoms with Crippen molar-refractivity contribution < 1.29 is 9.53 Å². The van der Waals surface area contributed by atoms with Crippen LogP contribution in [0.2, 0.25) is 0 Å². The van der Waals surface area contributed by atoms with Crippen LogP contribution in [0.25, 0.3) is 0 Å². The molecule has 7 nitrogen and oxygen atoms in total. The second kappa shape index (κ2) is 8.05. The fraction of sp³-hybridized carbons (Fsp3) is 0.381. The SMILES string of the molecule is COc1ccc(N2CCN(C(c3cccs3)C3Sc4nc(C)nn4C3=O)CC2)cc1. The third kappa shape index (κ3) is 3.51. The van der Waals surface area contributed by atoms with Crippen LogP contribution in [-0.4, -0.2) is 64.1 Å². The molecule has 5 rings (SSSR count). The van der Waals surface area contributed by atoms with E-state index in [0.29, 0.717) is 11.0 Å². The predicted octanol–water partition coefficient (Wildman–Crippen LogP) is 3.33. The molecule has 0 saturated carbocycles. The molecule has 0 aliphatic carbocycles. The van der Waals surface area contributed by atoms with E-state index < -0.39 is 0 Å². The van der Waals surface area contributed by atoms with Gasteiger partial charge in [-0.1, -0.05) is 17.8 Å². The van der Waals surface area contributed by atoms with Crippen LogP contribution in [-0.2, 0) is 0 Å². The molecule has 2 aromatic heterocycles. The van der Waals surface area contributed by atoms with Crippen LogP contribution >= 0.6 is 23.1 Å². The lowest BCUT2D eigenvalue weighted by Crippen LogP contribution is -2.50. The van der Waals surface area contributed by atoms with Crippen molar-refractivity contribution in [3.05, 3.63) is 52.5 Å². The molecule has 2 atom stereocenters. The van der Waals surface area contributed by atoms with E-state index in [-0.39, 0.29) is 17.2 Å². The van der Waals surface area contributed by atoms with Gasteiger partial charge in [-0.2, -0.15) is 4.68 Å². The molecule has 4 heterocycles. The first kappa shape index (κ1) is 19.6. The average Bonchev–Trinajstić information content (AvgIpc) is 3.49. The monoisotopic (exact) mass is 441 g/mol.